The summed E-state index contributed by atoms with van der Waals surface area (Å²) < 4.78 is 2.67. The van der Waals surface area contributed by atoms with Gasteiger partial charge in [0.2, 0.25) is 0 Å². The van der Waals surface area contributed by atoms with Crippen LogP contribution in [-0.4, -0.2) is 10.5 Å². The summed E-state index contributed by atoms with van der Waals surface area (Å²) in [6.07, 6.45) is 1.03. The molecule has 50 valence electrons. The van der Waals surface area contributed by atoms with Crippen molar-refractivity contribution in [2.24, 2.45) is 0 Å². The summed E-state index contributed by atoms with van der Waals surface area (Å²) >= 11 is 16.0. The van der Waals surface area contributed by atoms with Crippen molar-refractivity contribution in [3.05, 3.63) is 11.1 Å². The van der Waals surface area contributed by atoms with Gasteiger partial charge in [0.15, 0.2) is 0 Å². The minimum atomic E-state index is -1.65. The van der Waals surface area contributed by atoms with Crippen LogP contribution in [0.5, 0.6) is 0 Å². The van der Waals surface area contributed by atoms with Crippen molar-refractivity contribution in [3.8, 4) is 0 Å². The van der Waals surface area contributed by atoms with Crippen LogP contribution in [0.1, 0.15) is 0 Å². The number of carbonyl (C=O) groups is 1. The Bertz CT molecular complexity index is 184. The van der Waals surface area contributed by atoms with Gasteiger partial charge in [-0.3, -0.25) is 0 Å². The fourth-order valence-corrected chi connectivity index (χ4v) is 0.781. The molecule has 1 heterocycles. The van der Waals surface area contributed by atoms with Crippen LogP contribution in [0, 0.1) is 0 Å². The quantitative estimate of drug-likeness (QED) is 0.427. The number of alkyl halides is 2. The molecule has 0 radical (unpaired) electrons. The lowest BCUT2D eigenvalue weighted by Gasteiger charge is -2.09. The third-order valence-corrected chi connectivity index (χ3v) is 1.88. The molecule has 2 nitrogen and oxygen atoms in total. The van der Waals surface area contributed by atoms with Gasteiger partial charge in [-0.25, -0.2) is 4.79 Å². The van der Waals surface area contributed by atoms with Gasteiger partial charge in [0.25, 0.3) is 4.52 Å². The number of carbonyl (C=O) groups excluding carboxylic acids is 1. The maximum absolute atomic E-state index is 10.3. The van der Waals surface area contributed by atoms with E-state index in [-0.39, 0.29) is 5.03 Å². The van der Waals surface area contributed by atoms with Crippen LogP contribution >= 0.6 is 34.8 Å². The Labute approximate surface area is 66.3 Å². The lowest BCUT2D eigenvalue weighted by molar-refractivity contribution is -0.137. The van der Waals surface area contributed by atoms with Crippen molar-refractivity contribution in [1.82, 2.24) is 0 Å². The van der Waals surface area contributed by atoms with Crippen LogP contribution in [0.15, 0.2) is 11.1 Å². The molecule has 9 heavy (non-hydrogen) atoms. The predicted octanol–water partition coefficient (Wildman–Crippen LogP) is 1.80. The minimum Gasteiger partial charge on any atom is -0.420 e. The van der Waals surface area contributed by atoms with Gasteiger partial charge in [0, 0.05) is 6.08 Å². The van der Waals surface area contributed by atoms with E-state index in [1.165, 1.54) is 0 Å². The van der Waals surface area contributed by atoms with E-state index in [2.05, 4.69) is 4.74 Å². The zero-order valence-electron chi connectivity index (χ0n) is 4.03. The lowest BCUT2D eigenvalue weighted by Crippen LogP contribution is -2.13. The van der Waals surface area contributed by atoms with E-state index >= 15 is 0 Å². The first-order valence-electron chi connectivity index (χ1n) is 2.01. The van der Waals surface area contributed by atoms with Gasteiger partial charge in [0.1, 0.15) is 5.03 Å². The Hall–Kier alpha value is 0.0800. The van der Waals surface area contributed by atoms with Gasteiger partial charge in [-0.1, -0.05) is 34.8 Å². The van der Waals surface area contributed by atoms with Gasteiger partial charge in [-0.2, -0.15) is 0 Å². The molecular weight excluding hydrogens is 186 g/mol. The molecule has 0 aliphatic carbocycles. The Morgan fingerprint density at radius 1 is 1.56 bits per heavy atom. The summed E-state index contributed by atoms with van der Waals surface area (Å²) in [6, 6.07) is 0. The van der Waals surface area contributed by atoms with Crippen LogP contribution in [0.4, 0.5) is 0 Å². The molecule has 0 saturated carbocycles. The second kappa shape index (κ2) is 2.04. The highest BCUT2D eigenvalue weighted by Gasteiger charge is 2.38. The summed E-state index contributed by atoms with van der Waals surface area (Å²) in [4.78, 5) is 10.3. The summed E-state index contributed by atoms with van der Waals surface area (Å²) in [5, 5.41) is -0.00386. The number of ether oxygens (including phenoxy) is 1. The van der Waals surface area contributed by atoms with E-state index in [1.54, 1.807) is 0 Å². The molecule has 0 aromatic rings. The summed E-state index contributed by atoms with van der Waals surface area (Å²) in [5.74, 6) is -0.620. The topological polar surface area (TPSA) is 26.3 Å². The Morgan fingerprint density at radius 2 is 2.11 bits per heavy atom. The Kier molecular flexibility index (Phi) is 1.63. The minimum absolute atomic E-state index is 0.00386. The van der Waals surface area contributed by atoms with Crippen molar-refractivity contribution < 1.29 is 9.53 Å². The van der Waals surface area contributed by atoms with Crippen molar-refractivity contribution in [2.75, 3.05) is 0 Å². The molecule has 0 fully saturated rings. The van der Waals surface area contributed by atoms with Gasteiger partial charge >= 0.3 is 5.97 Å². The molecule has 0 spiro atoms. The number of esters is 1. The highest BCUT2D eigenvalue weighted by atomic mass is 35.5. The molecule has 0 unspecified atom stereocenters. The molecule has 0 bridgehead atoms. The second-order valence-corrected chi connectivity index (χ2v) is 3.10. The van der Waals surface area contributed by atoms with E-state index in [0.717, 1.165) is 6.08 Å². The molecule has 0 N–H and O–H groups in total. The summed E-state index contributed by atoms with van der Waals surface area (Å²) in [5.41, 5.74) is 0. The molecular formula is C4HCl3O2. The predicted molar refractivity (Wildman–Crippen MR) is 34.5 cm³/mol. The van der Waals surface area contributed by atoms with Crippen LogP contribution in [0.25, 0.3) is 0 Å². The molecule has 0 saturated heterocycles. The molecule has 1 aliphatic heterocycles. The largest absolute Gasteiger partial charge is 0.420 e. The maximum atomic E-state index is 10.3. The van der Waals surface area contributed by atoms with Crippen molar-refractivity contribution >= 4 is 40.8 Å². The number of halogens is 3. The highest BCUT2D eigenvalue weighted by molar-refractivity contribution is 6.56. The van der Waals surface area contributed by atoms with Crippen molar-refractivity contribution in [3.63, 3.8) is 0 Å². The van der Waals surface area contributed by atoms with Gasteiger partial charge in [-0.05, 0) is 0 Å². The average Bonchev–Trinajstić information content (AvgIpc) is 1.79. The number of hydrogen-bond acceptors (Lipinski definition) is 2. The van der Waals surface area contributed by atoms with Gasteiger partial charge in [-0.15, -0.1) is 0 Å². The Balaban J connectivity index is 2.89. The fourth-order valence-electron chi connectivity index (χ4n) is 0.392. The number of hydrogen-bond donors (Lipinski definition) is 0. The number of rotatable bonds is 0. The summed E-state index contributed by atoms with van der Waals surface area (Å²) in [6.45, 7) is 0. The van der Waals surface area contributed by atoms with E-state index < -0.39 is 10.5 Å². The standard InChI is InChI=1S/C4HCl3O2/c5-2-1-3(8)9-4(2,6)7/h1H. The third kappa shape index (κ3) is 1.31. The molecule has 5 heteroatoms. The first-order chi connectivity index (χ1) is 4.02. The maximum Gasteiger partial charge on any atom is 0.335 e. The van der Waals surface area contributed by atoms with E-state index in [4.69, 9.17) is 34.8 Å². The zero-order chi connectivity index (χ0) is 7.07. The average molecular weight is 187 g/mol. The zero-order valence-corrected chi connectivity index (χ0v) is 6.30. The Morgan fingerprint density at radius 3 is 2.22 bits per heavy atom. The van der Waals surface area contributed by atoms with Crippen LogP contribution in [-0.2, 0) is 9.53 Å². The molecule has 0 aromatic carbocycles. The van der Waals surface area contributed by atoms with Gasteiger partial charge in [0.05, 0.1) is 0 Å². The molecule has 1 aliphatic rings. The third-order valence-electron chi connectivity index (χ3n) is 0.751. The molecule has 0 aromatic heterocycles. The smallest absolute Gasteiger partial charge is 0.335 e. The van der Waals surface area contributed by atoms with Crippen molar-refractivity contribution in [1.29, 1.82) is 0 Å². The molecule has 0 atom stereocenters. The first kappa shape index (κ1) is 7.19. The normalized spacial score (nSPS) is 23.4. The monoisotopic (exact) mass is 186 g/mol. The van der Waals surface area contributed by atoms with E-state index in [9.17, 15) is 4.79 Å². The highest BCUT2D eigenvalue weighted by Crippen LogP contribution is 2.38. The van der Waals surface area contributed by atoms with Crippen LogP contribution in [0.2, 0.25) is 0 Å². The second-order valence-electron chi connectivity index (χ2n) is 1.43. The van der Waals surface area contributed by atoms with Crippen LogP contribution < -0.4 is 0 Å². The van der Waals surface area contributed by atoms with Crippen molar-refractivity contribution in [2.45, 2.75) is 4.52 Å². The number of cyclic esters (lactones) is 1. The fraction of sp³-hybridized carbons (Fsp3) is 0.250. The van der Waals surface area contributed by atoms with Gasteiger partial charge < -0.3 is 4.74 Å². The van der Waals surface area contributed by atoms with Crippen LogP contribution in [0.3, 0.4) is 0 Å². The van der Waals surface area contributed by atoms with E-state index in [0.29, 0.717) is 0 Å². The first-order valence-corrected chi connectivity index (χ1v) is 3.14. The molecule has 1 rings (SSSR count). The SMILES string of the molecule is O=C1C=C(Cl)C(Cl)(Cl)O1. The molecule has 0 amide bonds. The summed E-state index contributed by atoms with van der Waals surface area (Å²) in [7, 11) is 0. The van der Waals surface area contributed by atoms with E-state index in [1.807, 2.05) is 0 Å². The lowest BCUT2D eigenvalue weighted by atomic mass is 10.6.